The van der Waals surface area contributed by atoms with Crippen molar-refractivity contribution in [3.8, 4) is 17.2 Å². The fraction of sp³-hybridized carbons (Fsp3) is 0.276. The molecule has 3 atom stereocenters. The van der Waals surface area contributed by atoms with Gasteiger partial charge in [0.25, 0.3) is 5.69 Å². The molecule has 0 radical (unpaired) electrons. The SMILES string of the molecule is COc1cc([C@H]2C/C(=N\Nc3ccc([N+](=O)[O-])cc3)C[C@H]3C(=O)N(c4ccccc4)C(=O)[C@@H]23)cc(OC)c1OC. The average molecular weight is 545 g/mol. The van der Waals surface area contributed by atoms with Gasteiger partial charge in [-0.05, 0) is 54.8 Å². The van der Waals surface area contributed by atoms with Gasteiger partial charge in [0.15, 0.2) is 11.5 Å². The number of hydrogen-bond acceptors (Lipinski definition) is 9. The van der Waals surface area contributed by atoms with Crippen molar-refractivity contribution in [3.05, 3.63) is 82.4 Å². The van der Waals surface area contributed by atoms with Gasteiger partial charge in [-0.2, -0.15) is 5.10 Å². The van der Waals surface area contributed by atoms with E-state index in [0.717, 1.165) is 5.56 Å². The molecule has 1 saturated heterocycles. The second kappa shape index (κ2) is 11.0. The molecule has 2 amide bonds. The Morgan fingerprint density at radius 2 is 1.50 bits per heavy atom. The summed E-state index contributed by atoms with van der Waals surface area (Å²) in [6.07, 6.45) is 0.681. The van der Waals surface area contributed by atoms with Gasteiger partial charge in [0.2, 0.25) is 17.6 Å². The molecule has 1 aliphatic carbocycles. The summed E-state index contributed by atoms with van der Waals surface area (Å²) in [7, 11) is 4.56. The Hall–Kier alpha value is -4.93. The number of nitrogens with zero attached hydrogens (tertiary/aromatic N) is 3. The highest BCUT2D eigenvalue weighted by molar-refractivity contribution is 6.23. The summed E-state index contributed by atoms with van der Waals surface area (Å²) in [5.41, 5.74) is 5.45. The predicted octanol–water partition coefficient (Wildman–Crippen LogP) is 4.77. The number of methoxy groups -OCH3 is 3. The number of rotatable bonds is 8. The van der Waals surface area contributed by atoms with Crippen molar-refractivity contribution < 1.29 is 28.7 Å². The van der Waals surface area contributed by atoms with Crippen molar-refractivity contribution in [2.75, 3.05) is 31.7 Å². The first-order valence-corrected chi connectivity index (χ1v) is 12.6. The van der Waals surface area contributed by atoms with Crippen molar-refractivity contribution in [2.24, 2.45) is 16.9 Å². The zero-order valence-electron chi connectivity index (χ0n) is 22.2. The van der Waals surface area contributed by atoms with Crippen molar-refractivity contribution in [3.63, 3.8) is 0 Å². The van der Waals surface area contributed by atoms with Crippen LogP contribution in [-0.4, -0.2) is 43.8 Å². The van der Waals surface area contributed by atoms with Crippen molar-refractivity contribution in [1.29, 1.82) is 0 Å². The molecule has 2 aliphatic rings. The van der Waals surface area contributed by atoms with Crippen LogP contribution >= 0.6 is 0 Å². The second-order valence-corrected chi connectivity index (χ2v) is 9.55. The Morgan fingerprint density at radius 3 is 2.08 bits per heavy atom. The number of nitro groups is 1. The van der Waals surface area contributed by atoms with E-state index in [-0.39, 0.29) is 17.5 Å². The summed E-state index contributed by atoms with van der Waals surface area (Å²) in [6, 6.07) is 18.4. The molecule has 0 bridgehead atoms. The molecular weight excluding hydrogens is 516 g/mol. The third-order valence-corrected chi connectivity index (χ3v) is 7.37. The van der Waals surface area contributed by atoms with Gasteiger partial charge in [-0.25, -0.2) is 0 Å². The molecule has 2 fully saturated rings. The van der Waals surface area contributed by atoms with E-state index in [4.69, 9.17) is 14.2 Å². The molecule has 5 rings (SSSR count). The Morgan fingerprint density at radius 1 is 0.875 bits per heavy atom. The average Bonchev–Trinajstić information content (AvgIpc) is 3.24. The molecule has 0 spiro atoms. The number of nitrogens with one attached hydrogen (secondary N) is 1. The minimum Gasteiger partial charge on any atom is -0.493 e. The summed E-state index contributed by atoms with van der Waals surface area (Å²) in [6.45, 7) is 0. The Balaban J connectivity index is 1.54. The van der Waals surface area contributed by atoms with Crippen LogP contribution in [-0.2, 0) is 9.59 Å². The number of benzene rings is 3. The van der Waals surface area contributed by atoms with Crippen LogP contribution in [0.1, 0.15) is 24.3 Å². The van der Waals surface area contributed by atoms with Crippen LogP contribution in [0.4, 0.5) is 17.1 Å². The predicted molar refractivity (Wildman–Crippen MR) is 148 cm³/mol. The molecule has 1 heterocycles. The molecule has 206 valence electrons. The topological polar surface area (TPSA) is 133 Å². The van der Waals surface area contributed by atoms with Gasteiger partial charge >= 0.3 is 0 Å². The minimum atomic E-state index is -0.622. The smallest absolute Gasteiger partial charge is 0.269 e. The van der Waals surface area contributed by atoms with Gasteiger partial charge in [-0.15, -0.1) is 0 Å². The summed E-state index contributed by atoms with van der Waals surface area (Å²) < 4.78 is 16.6. The molecule has 11 nitrogen and oxygen atoms in total. The quantitative estimate of drug-likeness (QED) is 0.244. The molecule has 1 saturated carbocycles. The van der Waals surface area contributed by atoms with E-state index in [1.54, 1.807) is 48.5 Å². The van der Waals surface area contributed by atoms with Crippen LogP contribution in [0, 0.1) is 22.0 Å². The molecule has 3 aromatic carbocycles. The standard InChI is InChI=1S/C29H28N4O7/c1-38-24-13-17(14-25(39-2)27(24)40-3)22-15-19(31-30-18-9-11-21(12-10-18)33(36)37)16-23-26(22)29(35)32(28(23)34)20-7-5-4-6-8-20/h4-14,22-23,26,30H,15-16H2,1-3H3/b31-19+/t22-,23-,26+/m1/s1. The monoisotopic (exact) mass is 544 g/mol. The number of carbonyl (C=O) groups excluding carboxylic acids is 2. The molecule has 1 aliphatic heterocycles. The van der Waals surface area contributed by atoms with Crippen LogP contribution < -0.4 is 24.5 Å². The van der Waals surface area contributed by atoms with E-state index in [9.17, 15) is 19.7 Å². The van der Waals surface area contributed by atoms with Crippen LogP contribution in [0.25, 0.3) is 0 Å². The number of fused-ring (bicyclic) bond motifs is 1. The highest BCUT2D eigenvalue weighted by atomic mass is 16.6. The van der Waals surface area contributed by atoms with E-state index in [2.05, 4.69) is 10.5 Å². The van der Waals surface area contributed by atoms with Crippen molar-refractivity contribution >= 4 is 34.6 Å². The summed E-state index contributed by atoms with van der Waals surface area (Å²) >= 11 is 0. The number of hydrogen-bond donors (Lipinski definition) is 1. The number of amides is 2. The van der Waals surface area contributed by atoms with Crippen LogP contribution in [0.15, 0.2) is 71.8 Å². The maximum absolute atomic E-state index is 13.8. The normalized spacial score (nSPS) is 21.2. The Labute approximate surface area is 230 Å². The molecule has 40 heavy (non-hydrogen) atoms. The zero-order valence-corrected chi connectivity index (χ0v) is 22.2. The lowest BCUT2D eigenvalue weighted by atomic mass is 9.69. The number of nitro benzene ring substituents is 1. The van der Waals surface area contributed by atoms with Gasteiger partial charge in [0.05, 0.1) is 49.5 Å². The van der Waals surface area contributed by atoms with Gasteiger partial charge in [-0.3, -0.25) is 30.0 Å². The summed E-state index contributed by atoms with van der Waals surface area (Å²) in [5, 5.41) is 15.5. The number of non-ortho nitro benzene ring substituents is 1. The summed E-state index contributed by atoms with van der Waals surface area (Å²) in [4.78, 5) is 39.3. The first kappa shape index (κ1) is 26.7. The maximum atomic E-state index is 13.8. The first-order valence-electron chi connectivity index (χ1n) is 12.6. The van der Waals surface area contributed by atoms with Crippen LogP contribution in [0.5, 0.6) is 17.2 Å². The number of para-hydroxylation sites is 1. The number of hydrazone groups is 1. The Bertz CT molecular complexity index is 1450. The van der Waals surface area contributed by atoms with Gasteiger partial charge in [0.1, 0.15) is 0 Å². The van der Waals surface area contributed by atoms with E-state index in [1.807, 2.05) is 6.07 Å². The Kier molecular flexibility index (Phi) is 7.37. The van der Waals surface area contributed by atoms with Gasteiger partial charge < -0.3 is 14.2 Å². The molecule has 3 aromatic rings. The highest BCUT2D eigenvalue weighted by Crippen LogP contribution is 2.49. The van der Waals surface area contributed by atoms with E-state index >= 15 is 0 Å². The van der Waals surface area contributed by atoms with Gasteiger partial charge in [0, 0.05) is 23.8 Å². The van der Waals surface area contributed by atoms with E-state index in [1.165, 1.54) is 38.4 Å². The fourth-order valence-corrected chi connectivity index (χ4v) is 5.50. The lowest BCUT2D eigenvalue weighted by molar-refractivity contribution is -0.384. The number of ether oxygens (including phenoxy) is 3. The van der Waals surface area contributed by atoms with E-state index in [0.29, 0.717) is 47.2 Å². The third-order valence-electron chi connectivity index (χ3n) is 7.37. The third kappa shape index (κ3) is 4.81. The molecular formula is C29H28N4O7. The summed E-state index contributed by atoms with van der Waals surface area (Å²) in [5.74, 6) is -0.874. The second-order valence-electron chi connectivity index (χ2n) is 9.55. The largest absolute Gasteiger partial charge is 0.493 e. The zero-order chi connectivity index (χ0) is 28.4. The lowest BCUT2D eigenvalue weighted by Gasteiger charge is -2.32. The first-order chi connectivity index (χ1) is 19.4. The number of anilines is 2. The lowest BCUT2D eigenvalue weighted by Crippen LogP contribution is -2.34. The number of imide groups is 1. The minimum absolute atomic E-state index is 0.0303. The fourth-order valence-electron chi connectivity index (χ4n) is 5.50. The van der Waals surface area contributed by atoms with Crippen LogP contribution in [0.3, 0.4) is 0 Å². The number of carbonyl (C=O) groups is 2. The molecule has 1 N–H and O–H groups in total. The van der Waals surface area contributed by atoms with Crippen LogP contribution in [0.2, 0.25) is 0 Å². The van der Waals surface area contributed by atoms with E-state index < -0.39 is 22.7 Å². The van der Waals surface area contributed by atoms with Crippen molar-refractivity contribution in [2.45, 2.75) is 18.8 Å². The highest BCUT2D eigenvalue weighted by Gasteiger charge is 2.54. The maximum Gasteiger partial charge on any atom is 0.269 e. The van der Waals surface area contributed by atoms with Gasteiger partial charge in [-0.1, -0.05) is 18.2 Å². The molecule has 0 unspecified atom stereocenters. The van der Waals surface area contributed by atoms with Crippen molar-refractivity contribution in [1.82, 2.24) is 0 Å². The molecule has 0 aromatic heterocycles. The molecule has 11 heteroatoms.